The maximum absolute atomic E-state index is 11.8. The van der Waals surface area contributed by atoms with Crippen LogP contribution in [0.15, 0.2) is 79.5 Å². The zero-order chi connectivity index (χ0) is 20.2. The molecule has 142 valence electrons. The first kappa shape index (κ1) is 18.3. The standard InChI is InChI=1S/C23H19N5O/c1-15-6-7-17(19-4-2-3-5-20(19)23(24)29)10-21(15)28-22-11-16(8-9-27-22)18-12-25-14-26-13-18/h2-14H,1H3,(H2,24,29)(H,27,28). The summed E-state index contributed by atoms with van der Waals surface area (Å²) in [6.07, 6.45) is 6.77. The van der Waals surface area contributed by atoms with Crippen molar-refractivity contribution in [1.29, 1.82) is 0 Å². The number of aromatic nitrogens is 3. The SMILES string of the molecule is Cc1ccc(-c2ccccc2C(N)=O)cc1Nc1cc(-c2cncnc2)ccn1. The number of nitrogens with zero attached hydrogens (tertiary/aromatic N) is 3. The van der Waals surface area contributed by atoms with Gasteiger partial charge in [-0.15, -0.1) is 0 Å². The van der Waals surface area contributed by atoms with Crippen LogP contribution in [0.4, 0.5) is 11.5 Å². The van der Waals surface area contributed by atoms with Crippen molar-refractivity contribution in [3.63, 3.8) is 0 Å². The molecule has 0 aliphatic heterocycles. The highest BCUT2D eigenvalue weighted by Crippen LogP contribution is 2.30. The summed E-state index contributed by atoms with van der Waals surface area (Å²) in [5, 5.41) is 3.37. The second kappa shape index (κ2) is 7.90. The predicted octanol–water partition coefficient (Wildman–Crippen LogP) is 4.36. The molecule has 2 aromatic heterocycles. The minimum absolute atomic E-state index is 0.449. The van der Waals surface area contributed by atoms with Gasteiger partial charge in [0.2, 0.25) is 5.91 Å². The van der Waals surface area contributed by atoms with E-state index in [1.165, 1.54) is 6.33 Å². The normalized spacial score (nSPS) is 10.5. The predicted molar refractivity (Wildman–Crippen MR) is 114 cm³/mol. The lowest BCUT2D eigenvalue weighted by Gasteiger charge is -2.13. The van der Waals surface area contributed by atoms with E-state index in [1.807, 2.05) is 49.4 Å². The van der Waals surface area contributed by atoms with Crippen LogP contribution in [-0.4, -0.2) is 20.9 Å². The molecule has 0 saturated heterocycles. The van der Waals surface area contributed by atoms with Gasteiger partial charge in [0.05, 0.1) is 0 Å². The molecule has 0 saturated carbocycles. The first-order valence-electron chi connectivity index (χ1n) is 9.10. The lowest BCUT2D eigenvalue weighted by molar-refractivity contribution is 0.100. The molecule has 0 fully saturated rings. The highest BCUT2D eigenvalue weighted by Gasteiger charge is 2.11. The highest BCUT2D eigenvalue weighted by molar-refractivity contribution is 6.00. The molecule has 0 aliphatic carbocycles. The molecule has 2 aromatic carbocycles. The number of carbonyl (C=O) groups excluding carboxylic acids is 1. The van der Waals surface area contributed by atoms with Crippen molar-refractivity contribution in [3.05, 3.63) is 90.6 Å². The Balaban J connectivity index is 1.69. The molecule has 1 amide bonds. The van der Waals surface area contributed by atoms with Gasteiger partial charge in [-0.05, 0) is 53.4 Å². The summed E-state index contributed by atoms with van der Waals surface area (Å²) in [7, 11) is 0. The number of primary amides is 1. The number of benzene rings is 2. The Kier molecular flexibility index (Phi) is 4.99. The largest absolute Gasteiger partial charge is 0.366 e. The number of aryl methyl sites for hydroxylation is 1. The first-order chi connectivity index (χ1) is 14.1. The molecular weight excluding hydrogens is 362 g/mol. The number of nitrogens with two attached hydrogens (primary N) is 1. The molecule has 0 radical (unpaired) electrons. The lowest BCUT2D eigenvalue weighted by Crippen LogP contribution is -2.12. The molecule has 0 atom stereocenters. The van der Waals surface area contributed by atoms with E-state index >= 15 is 0 Å². The van der Waals surface area contributed by atoms with Gasteiger partial charge in [0.1, 0.15) is 12.1 Å². The Hall–Kier alpha value is -4.06. The third-order valence-electron chi connectivity index (χ3n) is 4.66. The van der Waals surface area contributed by atoms with E-state index in [0.29, 0.717) is 11.4 Å². The van der Waals surface area contributed by atoms with E-state index in [4.69, 9.17) is 5.73 Å². The monoisotopic (exact) mass is 381 g/mol. The molecule has 6 heteroatoms. The van der Waals surface area contributed by atoms with Crippen LogP contribution in [0.25, 0.3) is 22.3 Å². The van der Waals surface area contributed by atoms with Crippen molar-refractivity contribution in [2.75, 3.05) is 5.32 Å². The molecule has 0 unspecified atom stereocenters. The van der Waals surface area contributed by atoms with Gasteiger partial charge in [-0.25, -0.2) is 15.0 Å². The maximum Gasteiger partial charge on any atom is 0.249 e. The molecule has 6 nitrogen and oxygen atoms in total. The zero-order valence-electron chi connectivity index (χ0n) is 15.8. The van der Waals surface area contributed by atoms with Crippen LogP contribution in [0.2, 0.25) is 0 Å². The molecule has 3 N–H and O–H groups in total. The van der Waals surface area contributed by atoms with E-state index in [-0.39, 0.29) is 0 Å². The number of amides is 1. The van der Waals surface area contributed by atoms with Crippen molar-refractivity contribution < 1.29 is 4.79 Å². The average Bonchev–Trinajstić information content (AvgIpc) is 2.76. The average molecular weight is 381 g/mol. The van der Waals surface area contributed by atoms with E-state index in [1.54, 1.807) is 30.7 Å². The molecular formula is C23H19N5O. The fraction of sp³-hybridized carbons (Fsp3) is 0.0435. The first-order valence-corrected chi connectivity index (χ1v) is 9.10. The van der Waals surface area contributed by atoms with Gasteiger partial charge in [0.15, 0.2) is 0 Å². The Morgan fingerprint density at radius 2 is 1.72 bits per heavy atom. The summed E-state index contributed by atoms with van der Waals surface area (Å²) in [6, 6.07) is 17.2. The van der Waals surface area contributed by atoms with Gasteiger partial charge >= 0.3 is 0 Å². The maximum atomic E-state index is 11.8. The fourth-order valence-corrected chi connectivity index (χ4v) is 3.14. The third-order valence-corrected chi connectivity index (χ3v) is 4.66. The lowest BCUT2D eigenvalue weighted by atomic mass is 9.97. The van der Waals surface area contributed by atoms with Crippen molar-refractivity contribution >= 4 is 17.4 Å². The number of anilines is 2. The quantitative estimate of drug-likeness (QED) is 0.536. The second-order valence-electron chi connectivity index (χ2n) is 6.62. The Bertz CT molecular complexity index is 1170. The molecule has 0 aliphatic rings. The van der Waals surface area contributed by atoms with Crippen LogP contribution >= 0.6 is 0 Å². The van der Waals surface area contributed by atoms with Gasteiger partial charge < -0.3 is 11.1 Å². The van der Waals surface area contributed by atoms with Crippen LogP contribution < -0.4 is 11.1 Å². The van der Waals surface area contributed by atoms with Crippen LogP contribution in [0.3, 0.4) is 0 Å². The number of hydrogen-bond donors (Lipinski definition) is 2. The van der Waals surface area contributed by atoms with Gasteiger partial charge in [0.25, 0.3) is 0 Å². The third kappa shape index (κ3) is 3.96. The van der Waals surface area contributed by atoms with Crippen LogP contribution in [0, 0.1) is 6.92 Å². The summed E-state index contributed by atoms with van der Waals surface area (Å²) in [5.41, 5.74) is 11.6. The highest BCUT2D eigenvalue weighted by atomic mass is 16.1. The van der Waals surface area contributed by atoms with Crippen LogP contribution in [-0.2, 0) is 0 Å². The van der Waals surface area contributed by atoms with Crippen LogP contribution in [0.1, 0.15) is 15.9 Å². The number of nitrogens with one attached hydrogen (secondary N) is 1. The van der Waals surface area contributed by atoms with E-state index in [2.05, 4.69) is 20.3 Å². The smallest absolute Gasteiger partial charge is 0.249 e. The molecule has 2 heterocycles. The van der Waals surface area contributed by atoms with Gasteiger partial charge in [-0.3, -0.25) is 4.79 Å². The van der Waals surface area contributed by atoms with E-state index < -0.39 is 5.91 Å². The Morgan fingerprint density at radius 3 is 2.52 bits per heavy atom. The Morgan fingerprint density at radius 1 is 0.931 bits per heavy atom. The van der Waals surface area contributed by atoms with Gasteiger partial charge in [-0.1, -0.05) is 30.3 Å². The molecule has 29 heavy (non-hydrogen) atoms. The molecule has 0 spiro atoms. The topological polar surface area (TPSA) is 93.8 Å². The molecule has 4 rings (SSSR count). The van der Waals surface area contributed by atoms with E-state index in [0.717, 1.165) is 33.5 Å². The summed E-state index contributed by atoms with van der Waals surface area (Å²) in [5.74, 6) is 0.255. The summed E-state index contributed by atoms with van der Waals surface area (Å²) >= 11 is 0. The van der Waals surface area contributed by atoms with Crippen molar-refractivity contribution in [2.24, 2.45) is 5.73 Å². The number of carbonyl (C=O) groups is 1. The van der Waals surface area contributed by atoms with Crippen molar-refractivity contribution in [1.82, 2.24) is 15.0 Å². The fourth-order valence-electron chi connectivity index (χ4n) is 3.14. The summed E-state index contributed by atoms with van der Waals surface area (Å²) in [4.78, 5) is 24.4. The van der Waals surface area contributed by atoms with E-state index in [9.17, 15) is 4.79 Å². The van der Waals surface area contributed by atoms with Crippen LogP contribution in [0.5, 0.6) is 0 Å². The zero-order valence-corrected chi connectivity index (χ0v) is 15.8. The molecule has 4 aromatic rings. The summed E-state index contributed by atoms with van der Waals surface area (Å²) < 4.78 is 0. The number of hydrogen-bond acceptors (Lipinski definition) is 5. The minimum Gasteiger partial charge on any atom is -0.366 e. The number of rotatable bonds is 5. The second-order valence-corrected chi connectivity index (χ2v) is 6.62. The summed E-state index contributed by atoms with van der Waals surface area (Å²) in [6.45, 7) is 2.01. The molecule has 0 bridgehead atoms. The van der Waals surface area contributed by atoms with Gasteiger partial charge in [-0.2, -0.15) is 0 Å². The number of pyridine rings is 1. The van der Waals surface area contributed by atoms with Crippen molar-refractivity contribution in [2.45, 2.75) is 6.92 Å². The van der Waals surface area contributed by atoms with Gasteiger partial charge in [0, 0.05) is 35.4 Å². The minimum atomic E-state index is -0.449. The Labute approximate surface area is 168 Å². The van der Waals surface area contributed by atoms with Crippen molar-refractivity contribution in [3.8, 4) is 22.3 Å².